The van der Waals surface area contributed by atoms with Gasteiger partial charge in [0.25, 0.3) is 0 Å². The van der Waals surface area contributed by atoms with Crippen molar-refractivity contribution in [3.8, 4) is 0 Å². The number of hydrogen-bond acceptors (Lipinski definition) is 4. The molecule has 6 heteroatoms. The van der Waals surface area contributed by atoms with E-state index in [2.05, 4.69) is 5.32 Å². The molecule has 6 nitrogen and oxygen atoms in total. The topological polar surface area (TPSA) is 98.5 Å². The predicted molar refractivity (Wildman–Crippen MR) is 96.6 cm³/mol. The van der Waals surface area contributed by atoms with Gasteiger partial charge in [-0.15, -0.1) is 0 Å². The van der Waals surface area contributed by atoms with Crippen LogP contribution >= 0.6 is 0 Å². The van der Waals surface area contributed by atoms with E-state index in [0.29, 0.717) is 6.42 Å². The Morgan fingerprint density at radius 1 is 1.20 bits per heavy atom. The van der Waals surface area contributed by atoms with Crippen molar-refractivity contribution in [3.63, 3.8) is 0 Å². The SMILES string of the molecule is CCOC(=O)/C=C/[C@@H](CC(N)=O)NC(=O)CCCCCCC1CCC1. The number of primary amides is 1. The summed E-state index contributed by atoms with van der Waals surface area (Å²) in [5.41, 5.74) is 5.19. The maximum atomic E-state index is 12.0. The normalized spacial score (nSPS) is 15.6. The number of carbonyl (C=O) groups is 3. The van der Waals surface area contributed by atoms with E-state index in [1.54, 1.807) is 6.92 Å². The Balaban J connectivity index is 2.21. The minimum atomic E-state index is -0.576. The Hall–Kier alpha value is -1.85. The molecule has 0 spiro atoms. The van der Waals surface area contributed by atoms with Crippen molar-refractivity contribution in [2.75, 3.05) is 6.61 Å². The van der Waals surface area contributed by atoms with Crippen LogP contribution in [0.4, 0.5) is 0 Å². The van der Waals surface area contributed by atoms with Crippen LogP contribution in [0.15, 0.2) is 12.2 Å². The van der Waals surface area contributed by atoms with Crippen molar-refractivity contribution in [1.29, 1.82) is 0 Å². The van der Waals surface area contributed by atoms with Gasteiger partial charge in [0.15, 0.2) is 0 Å². The average Bonchev–Trinajstić information content (AvgIpc) is 2.49. The summed E-state index contributed by atoms with van der Waals surface area (Å²) >= 11 is 0. The van der Waals surface area contributed by atoms with Gasteiger partial charge in [-0.1, -0.05) is 51.0 Å². The second kappa shape index (κ2) is 12.5. The zero-order chi connectivity index (χ0) is 18.5. The van der Waals surface area contributed by atoms with Crippen LogP contribution in [0.1, 0.15) is 71.1 Å². The highest BCUT2D eigenvalue weighted by Crippen LogP contribution is 2.31. The van der Waals surface area contributed by atoms with Crippen molar-refractivity contribution in [1.82, 2.24) is 5.32 Å². The van der Waals surface area contributed by atoms with Crippen LogP contribution < -0.4 is 11.1 Å². The second-order valence-corrected chi connectivity index (χ2v) is 6.71. The monoisotopic (exact) mass is 352 g/mol. The molecule has 1 aliphatic rings. The van der Waals surface area contributed by atoms with Gasteiger partial charge in [0.05, 0.1) is 19.1 Å². The lowest BCUT2D eigenvalue weighted by Gasteiger charge is -2.24. The predicted octanol–water partition coefficient (Wildman–Crippen LogP) is 2.61. The molecule has 142 valence electrons. The number of ether oxygens (including phenoxy) is 1. The second-order valence-electron chi connectivity index (χ2n) is 6.71. The van der Waals surface area contributed by atoms with Crippen LogP contribution in [0.3, 0.4) is 0 Å². The number of nitrogens with one attached hydrogen (secondary N) is 1. The van der Waals surface area contributed by atoms with Gasteiger partial charge in [-0.3, -0.25) is 9.59 Å². The van der Waals surface area contributed by atoms with E-state index in [9.17, 15) is 14.4 Å². The quantitative estimate of drug-likeness (QED) is 0.302. The molecule has 3 N–H and O–H groups in total. The summed E-state index contributed by atoms with van der Waals surface area (Å²) in [6.45, 7) is 1.98. The minimum Gasteiger partial charge on any atom is -0.463 e. The van der Waals surface area contributed by atoms with Gasteiger partial charge in [0.2, 0.25) is 11.8 Å². The van der Waals surface area contributed by atoms with Crippen molar-refractivity contribution >= 4 is 17.8 Å². The molecule has 0 radical (unpaired) electrons. The van der Waals surface area contributed by atoms with Gasteiger partial charge in [-0.2, -0.15) is 0 Å². The van der Waals surface area contributed by atoms with E-state index in [1.165, 1.54) is 44.3 Å². The lowest BCUT2D eigenvalue weighted by atomic mass is 9.81. The summed E-state index contributed by atoms with van der Waals surface area (Å²) in [4.78, 5) is 34.4. The molecule has 0 aromatic heterocycles. The largest absolute Gasteiger partial charge is 0.463 e. The van der Waals surface area contributed by atoms with Gasteiger partial charge < -0.3 is 15.8 Å². The van der Waals surface area contributed by atoms with Gasteiger partial charge in [0, 0.05) is 12.5 Å². The number of unbranched alkanes of at least 4 members (excludes halogenated alkanes) is 3. The molecule has 2 amide bonds. The molecular formula is C19H32N2O4. The third kappa shape index (κ3) is 10.6. The number of amides is 2. The van der Waals surface area contributed by atoms with E-state index in [1.807, 2.05) is 0 Å². The highest BCUT2D eigenvalue weighted by atomic mass is 16.5. The van der Waals surface area contributed by atoms with Gasteiger partial charge in [-0.05, 0) is 19.3 Å². The fourth-order valence-electron chi connectivity index (χ4n) is 2.90. The smallest absolute Gasteiger partial charge is 0.330 e. The maximum Gasteiger partial charge on any atom is 0.330 e. The molecule has 1 saturated carbocycles. The molecule has 1 fully saturated rings. The third-order valence-corrected chi connectivity index (χ3v) is 4.51. The Morgan fingerprint density at radius 2 is 1.92 bits per heavy atom. The number of carbonyl (C=O) groups excluding carboxylic acids is 3. The van der Waals surface area contributed by atoms with E-state index in [4.69, 9.17) is 10.5 Å². The summed E-state index contributed by atoms with van der Waals surface area (Å²) in [6, 6.07) is -0.576. The highest BCUT2D eigenvalue weighted by molar-refractivity contribution is 5.83. The van der Waals surface area contributed by atoms with Crippen molar-refractivity contribution in [2.24, 2.45) is 11.7 Å². The Morgan fingerprint density at radius 3 is 2.52 bits per heavy atom. The lowest BCUT2D eigenvalue weighted by molar-refractivity contribution is -0.137. The van der Waals surface area contributed by atoms with E-state index < -0.39 is 17.9 Å². The van der Waals surface area contributed by atoms with Gasteiger partial charge in [0.1, 0.15) is 0 Å². The number of hydrogen-bond donors (Lipinski definition) is 2. The zero-order valence-corrected chi connectivity index (χ0v) is 15.3. The molecular weight excluding hydrogens is 320 g/mol. The standard InChI is InChI=1S/C19H32N2O4/c1-2-25-19(24)13-12-16(14-17(20)22)21-18(23)11-6-4-3-5-8-15-9-7-10-15/h12-13,15-16H,2-11,14H2,1H3,(H2,20,22)(H,21,23)/b13-12+/t16-/m0/s1. The molecule has 1 atom stereocenters. The maximum absolute atomic E-state index is 12.0. The van der Waals surface area contributed by atoms with Crippen molar-refractivity contribution in [2.45, 2.75) is 77.2 Å². The molecule has 25 heavy (non-hydrogen) atoms. The van der Waals surface area contributed by atoms with Crippen molar-refractivity contribution in [3.05, 3.63) is 12.2 Å². The first-order valence-electron chi connectivity index (χ1n) is 9.44. The molecule has 0 unspecified atom stereocenters. The van der Waals surface area contributed by atoms with Gasteiger partial charge in [-0.25, -0.2) is 4.79 Å². The van der Waals surface area contributed by atoms with Crippen LogP contribution in [0.5, 0.6) is 0 Å². The zero-order valence-electron chi connectivity index (χ0n) is 15.3. The van der Waals surface area contributed by atoms with Crippen LogP contribution in [0, 0.1) is 5.92 Å². The average molecular weight is 352 g/mol. The summed E-state index contributed by atoms with van der Waals surface area (Å²) in [5.74, 6) is -0.213. The Bertz CT molecular complexity index is 458. The van der Waals surface area contributed by atoms with E-state index in [-0.39, 0.29) is 18.9 Å². The number of esters is 1. The molecule has 0 heterocycles. The minimum absolute atomic E-state index is 0.0387. The molecule has 0 aromatic rings. The van der Waals surface area contributed by atoms with E-state index in [0.717, 1.165) is 25.2 Å². The fraction of sp³-hybridized carbons (Fsp3) is 0.737. The Labute approximate surface area is 150 Å². The van der Waals surface area contributed by atoms with Crippen LogP contribution in [0.25, 0.3) is 0 Å². The lowest BCUT2D eigenvalue weighted by Crippen LogP contribution is -2.36. The summed E-state index contributed by atoms with van der Waals surface area (Å²) in [5, 5.41) is 2.74. The van der Waals surface area contributed by atoms with Crippen LogP contribution in [0.2, 0.25) is 0 Å². The fourth-order valence-corrected chi connectivity index (χ4v) is 2.90. The summed E-state index contributed by atoms with van der Waals surface area (Å²) in [6.07, 6.45) is 12.8. The first-order chi connectivity index (χ1) is 12.0. The third-order valence-electron chi connectivity index (χ3n) is 4.51. The van der Waals surface area contributed by atoms with Crippen molar-refractivity contribution < 1.29 is 19.1 Å². The van der Waals surface area contributed by atoms with Crippen LogP contribution in [-0.2, 0) is 19.1 Å². The number of nitrogens with two attached hydrogens (primary N) is 1. The van der Waals surface area contributed by atoms with E-state index >= 15 is 0 Å². The summed E-state index contributed by atoms with van der Waals surface area (Å²) in [7, 11) is 0. The summed E-state index contributed by atoms with van der Waals surface area (Å²) < 4.78 is 4.78. The van der Waals surface area contributed by atoms with Crippen LogP contribution in [-0.4, -0.2) is 30.4 Å². The van der Waals surface area contributed by atoms with Gasteiger partial charge >= 0.3 is 5.97 Å². The molecule has 0 aromatic carbocycles. The first-order valence-corrected chi connectivity index (χ1v) is 9.44. The molecule has 1 aliphatic carbocycles. The molecule has 0 saturated heterocycles. The molecule has 0 aliphatic heterocycles. The number of rotatable bonds is 13. The molecule has 1 rings (SSSR count). The Kier molecular flexibility index (Phi) is 10.6. The highest BCUT2D eigenvalue weighted by Gasteiger charge is 2.16. The molecule has 0 bridgehead atoms. The first kappa shape index (κ1) is 21.2.